The van der Waals surface area contributed by atoms with Crippen LogP contribution in [0.4, 0.5) is 0 Å². The van der Waals surface area contributed by atoms with Crippen LogP contribution >= 0.6 is 0 Å². The molecule has 17 heavy (non-hydrogen) atoms. The molecule has 98 valence electrons. The molecule has 0 spiro atoms. The van der Waals surface area contributed by atoms with E-state index in [0.29, 0.717) is 18.4 Å². The van der Waals surface area contributed by atoms with Gasteiger partial charge in [-0.25, -0.2) is 0 Å². The van der Waals surface area contributed by atoms with Gasteiger partial charge < -0.3 is 10.2 Å². The van der Waals surface area contributed by atoms with E-state index in [-0.39, 0.29) is 5.91 Å². The van der Waals surface area contributed by atoms with Gasteiger partial charge in [0.2, 0.25) is 5.91 Å². The summed E-state index contributed by atoms with van der Waals surface area (Å²) in [6, 6.07) is 0. The average Bonchev–Trinajstić information content (AvgIpc) is 2.26. The molecular formula is C14H26N2O. The molecule has 0 saturated carbocycles. The van der Waals surface area contributed by atoms with Crippen molar-refractivity contribution in [2.45, 2.75) is 33.6 Å². The highest BCUT2D eigenvalue weighted by atomic mass is 16.2. The summed E-state index contributed by atoms with van der Waals surface area (Å²) in [6.45, 7) is 8.68. The monoisotopic (exact) mass is 238 g/mol. The van der Waals surface area contributed by atoms with Gasteiger partial charge in [-0.15, -0.1) is 0 Å². The molecule has 0 aromatic heterocycles. The van der Waals surface area contributed by atoms with Gasteiger partial charge in [-0.05, 0) is 45.1 Å². The molecule has 0 aromatic carbocycles. The van der Waals surface area contributed by atoms with Gasteiger partial charge in [0, 0.05) is 13.6 Å². The van der Waals surface area contributed by atoms with E-state index in [4.69, 9.17) is 0 Å². The van der Waals surface area contributed by atoms with Gasteiger partial charge in [-0.2, -0.15) is 0 Å². The number of likely N-dealkylation sites (N-methyl/N-ethyl adjacent to an activating group) is 1. The first-order valence-electron chi connectivity index (χ1n) is 6.64. The molecule has 3 nitrogen and oxygen atoms in total. The van der Waals surface area contributed by atoms with Crippen molar-refractivity contribution in [3.05, 3.63) is 11.6 Å². The Morgan fingerprint density at radius 1 is 1.59 bits per heavy atom. The molecule has 0 radical (unpaired) electrons. The zero-order valence-electron chi connectivity index (χ0n) is 11.6. The van der Waals surface area contributed by atoms with Crippen LogP contribution in [0.5, 0.6) is 0 Å². The predicted molar refractivity (Wildman–Crippen MR) is 71.8 cm³/mol. The average molecular weight is 238 g/mol. The van der Waals surface area contributed by atoms with Crippen molar-refractivity contribution in [1.29, 1.82) is 0 Å². The summed E-state index contributed by atoms with van der Waals surface area (Å²) in [5.74, 6) is 1.56. The van der Waals surface area contributed by atoms with Gasteiger partial charge in [-0.3, -0.25) is 4.79 Å². The summed E-state index contributed by atoms with van der Waals surface area (Å²) in [7, 11) is 1.85. The maximum atomic E-state index is 11.6. The van der Waals surface area contributed by atoms with E-state index >= 15 is 0 Å². The second-order valence-corrected chi connectivity index (χ2v) is 5.33. The number of hydrogen-bond acceptors (Lipinski definition) is 2. The highest BCUT2D eigenvalue weighted by Crippen LogP contribution is 2.27. The molecule has 0 aliphatic heterocycles. The summed E-state index contributed by atoms with van der Waals surface area (Å²) >= 11 is 0. The minimum Gasteiger partial charge on any atom is -0.345 e. The highest BCUT2D eigenvalue weighted by Gasteiger charge is 2.18. The topological polar surface area (TPSA) is 32.3 Å². The van der Waals surface area contributed by atoms with Crippen LogP contribution in [0.15, 0.2) is 11.6 Å². The van der Waals surface area contributed by atoms with Crippen molar-refractivity contribution in [2.24, 2.45) is 11.8 Å². The van der Waals surface area contributed by atoms with Crippen LogP contribution in [0.1, 0.15) is 33.6 Å². The number of carbonyl (C=O) groups excluding carboxylic acids is 1. The Morgan fingerprint density at radius 2 is 2.29 bits per heavy atom. The van der Waals surface area contributed by atoms with Crippen molar-refractivity contribution < 1.29 is 4.79 Å². The number of amides is 1. The number of rotatable bonds is 5. The summed E-state index contributed by atoms with van der Waals surface area (Å²) in [5.41, 5.74) is 1.49. The first-order chi connectivity index (χ1) is 8.02. The van der Waals surface area contributed by atoms with E-state index in [1.165, 1.54) is 18.4 Å². The van der Waals surface area contributed by atoms with Crippen molar-refractivity contribution in [3.8, 4) is 0 Å². The molecule has 1 rings (SSSR count). The molecule has 1 N–H and O–H groups in total. The summed E-state index contributed by atoms with van der Waals surface area (Å²) in [4.78, 5) is 13.3. The fourth-order valence-electron chi connectivity index (χ4n) is 2.54. The molecule has 2 unspecified atom stereocenters. The van der Waals surface area contributed by atoms with Gasteiger partial charge in [0.05, 0.1) is 6.54 Å². The van der Waals surface area contributed by atoms with E-state index in [9.17, 15) is 4.79 Å². The van der Waals surface area contributed by atoms with E-state index in [2.05, 4.69) is 25.2 Å². The molecule has 1 aliphatic carbocycles. The SMILES string of the molecule is CCN(C)C(=O)CNCC1CC(C)=CC(C)C1. The van der Waals surface area contributed by atoms with Crippen LogP contribution in [0, 0.1) is 11.8 Å². The number of nitrogens with zero attached hydrogens (tertiary/aromatic N) is 1. The van der Waals surface area contributed by atoms with E-state index in [0.717, 1.165) is 13.1 Å². The third-order valence-electron chi connectivity index (χ3n) is 3.49. The largest absolute Gasteiger partial charge is 0.345 e. The normalized spacial score (nSPS) is 24.4. The van der Waals surface area contributed by atoms with Gasteiger partial charge in [0.25, 0.3) is 0 Å². The predicted octanol–water partition coefficient (Wildman–Crippen LogP) is 2.05. The Morgan fingerprint density at radius 3 is 2.88 bits per heavy atom. The van der Waals surface area contributed by atoms with Crippen molar-refractivity contribution >= 4 is 5.91 Å². The van der Waals surface area contributed by atoms with Gasteiger partial charge in [-0.1, -0.05) is 18.6 Å². The summed E-state index contributed by atoms with van der Waals surface area (Å²) < 4.78 is 0. The molecule has 1 amide bonds. The van der Waals surface area contributed by atoms with Crippen LogP contribution in [-0.2, 0) is 4.79 Å². The second-order valence-electron chi connectivity index (χ2n) is 5.33. The molecule has 0 saturated heterocycles. The Bertz CT molecular complexity index is 286. The van der Waals surface area contributed by atoms with E-state index in [1.54, 1.807) is 4.90 Å². The first-order valence-corrected chi connectivity index (χ1v) is 6.64. The fraction of sp³-hybridized carbons (Fsp3) is 0.786. The Balaban J connectivity index is 2.24. The second kappa shape index (κ2) is 6.80. The molecule has 0 fully saturated rings. The standard InChI is InChI=1S/C14H26N2O/c1-5-16(4)14(17)10-15-9-13-7-11(2)6-12(3)8-13/h6,11,13,15H,5,7-10H2,1-4H3. The third kappa shape index (κ3) is 4.90. The fourth-order valence-corrected chi connectivity index (χ4v) is 2.54. The quantitative estimate of drug-likeness (QED) is 0.743. The molecular weight excluding hydrogens is 212 g/mol. The Kier molecular flexibility index (Phi) is 5.69. The number of nitrogens with one attached hydrogen (secondary N) is 1. The van der Waals surface area contributed by atoms with Crippen LogP contribution in [-0.4, -0.2) is 37.5 Å². The molecule has 1 aliphatic rings. The van der Waals surface area contributed by atoms with Crippen LogP contribution in [0.2, 0.25) is 0 Å². The van der Waals surface area contributed by atoms with Crippen LogP contribution in [0.3, 0.4) is 0 Å². The first kappa shape index (κ1) is 14.2. The molecule has 0 heterocycles. The van der Waals surface area contributed by atoms with Crippen molar-refractivity contribution in [2.75, 3.05) is 26.7 Å². The summed E-state index contributed by atoms with van der Waals surface area (Å²) in [5, 5.41) is 3.29. The minimum absolute atomic E-state index is 0.184. The zero-order chi connectivity index (χ0) is 12.8. The maximum Gasteiger partial charge on any atom is 0.236 e. The smallest absolute Gasteiger partial charge is 0.236 e. The minimum atomic E-state index is 0.184. The lowest BCUT2D eigenvalue weighted by Gasteiger charge is -2.26. The number of allylic oxidation sites excluding steroid dienone is 2. The van der Waals surface area contributed by atoms with E-state index in [1.807, 2.05) is 14.0 Å². The Hall–Kier alpha value is -0.830. The number of carbonyl (C=O) groups is 1. The Labute approximate surface area is 105 Å². The maximum absolute atomic E-state index is 11.6. The third-order valence-corrected chi connectivity index (χ3v) is 3.49. The van der Waals surface area contributed by atoms with Crippen LogP contribution in [0.25, 0.3) is 0 Å². The van der Waals surface area contributed by atoms with Crippen LogP contribution < -0.4 is 5.32 Å². The van der Waals surface area contributed by atoms with Crippen molar-refractivity contribution in [1.82, 2.24) is 10.2 Å². The lowest BCUT2D eigenvalue weighted by molar-refractivity contribution is -0.128. The van der Waals surface area contributed by atoms with Gasteiger partial charge in [0.15, 0.2) is 0 Å². The molecule has 2 atom stereocenters. The molecule has 3 heteroatoms. The lowest BCUT2D eigenvalue weighted by Crippen LogP contribution is -2.37. The van der Waals surface area contributed by atoms with Gasteiger partial charge >= 0.3 is 0 Å². The van der Waals surface area contributed by atoms with E-state index < -0.39 is 0 Å². The zero-order valence-corrected chi connectivity index (χ0v) is 11.6. The summed E-state index contributed by atoms with van der Waals surface area (Å²) in [6.07, 6.45) is 4.78. The lowest BCUT2D eigenvalue weighted by atomic mass is 9.84. The van der Waals surface area contributed by atoms with Crippen molar-refractivity contribution in [3.63, 3.8) is 0 Å². The highest BCUT2D eigenvalue weighted by molar-refractivity contribution is 5.77. The number of hydrogen-bond donors (Lipinski definition) is 1. The molecule has 0 bridgehead atoms. The molecule has 0 aromatic rings. The van der Waals surface area contributed by atoms with Gasteiger partial charge in [0.1, 0.15) is 0 Å².